The Hall–Kier alpha value is 0.894. The van der Waals surface area contributed by atoms with Gasteiger partial charge in [-0.25, -0.2) is 0 Å². The average molecular weight is 431 g/mol. The maximum absolute atomic E-state index is 8.87. The number of rotatable bonds is 12. The van der Waals surface area contributed by atoms with Crippen molar-refractivity contribution in [3.05, 3.63) is 0 Å². The Bertz CT molecular complexity index is 338. The van der Waals surface area contributed by atoms with Gasteiger partial charge in [-0.15, -0.1) is 0 Å². The molecule has 6 nitrogen and oxygen atoms in total. The van der Waals surface area contributed by atoms with E-state index >= 15 is 0 Å². The van der Waals surface area contributed by atoms with Crippen molar-refractivity contribution in [1.82, 2.24) is 0 Å². The van der Waals surface area contributed by atoms with Gasteiger partial charge in [-0.2, -0.15) is 23.5 Å². The number of fused-ring (bicyclic) bond motifs is 2. The maximum atomic E-state index is 8.87. The Labute approximate surface area is 162 Å². The lowest BCUT2D eigenvalue weighted by Gasteiger charge is -2.18. The second-order valence-electron chi connectivity index (χ2n) is 6.31. The molecule has 2 aliphatic heterocycles. The molecule has 150 valence electrons. The third kappa shape index (κ3) is 11.4. The van der Waals surface area contributed by atoms with Gasteiger partial charge < -0.3 is 27.7 Å². The van der Waals surface area contributed by atoms with E-state index < -0.39 is 17.6 Å². The topological polar surface area (TPSA) is 88.4 Å². The fourth-order valence-electron chi connectivity index (χ4n) is 2.39. The fraction of sp³-hybridized carbons (Fsp3) is 1.00. The molecular weight excluding hydrogens is 396 g/mol. The van der Waals surface area contributed by atoms with Gasteiger partial charge in [0, 0.05) is 12.1 Å². The van der Waals surface area contributed by atoms with Gasteiger partial charge in [0.05, 0.1) is 19.3 Å². The highest BCUT2D eigenvalue weighted by Crippen LogP contribution is 2.32. The van der Waals surface area contributed by atoms with Gasteiger partial charge in [0.1, 0.15) is 0 Å². The first-order chi connectivity index (χ1) is 11.9. The Balaban J connectivity index is 0.000000970. The van der Waals surface area contributed by atoms with E-state index in [0.717, 1.165) is 55.1 Å². The molecule has 0 aromatic heterocycles. The Morgan fingerprint density at radius 3 is 1.92 bits per heavy atom. The van der Waals surface area contributed by atoms with E-state index in [1.807, 2.05) is 23.5 Å². The van der Waals surface area contributed by atoms with E-state index in [1.54, 1.807) is 0 Å². The Morgan fingerprint density at radius 1 is 0.920 bits per heavy atom. The first kappa shape index (κ1) is 23.9. The molecule has 0 aromatic rings. The van der Waals surface area contributed by atoms with E-state index in [9.17, 15) is 0 Å². The molecule has 0 aliphatic carbocycles. The van der Waals surface area contributed by atoms with Gasteiger partial charge in [-0.1, -0.05) is 20.3 Å². The van der Waals surface area contributed by atoms with Crippen molar-refractivity contribution in [2.24, 2.45) is 0 Å². The molecule has 0 saturated carbocycles. The molecule has 0 radical (unpaired) electrons. The summed E-state index contributed by atoms with van der Waals surface area (Å²) in [5.41, 5.74) is 0. The van der Waals surface area contributed by atoms with Crippen molar-refractivity contribution in [2.75, 3.05) is 36.2 Å². The molecule has 0 spiro atoms. The predicted molar refractivity (Wildman–Crippen MR) is 109 cm³/mol. The van der Waals surface area contributed by atoms with Gasteiger partial charge in [0.2, 0.25) is 0 Å². The molecule has 2 bridgehead atoms. The minimum atomic E-state index is -3.81. The summed E-state index contributed by atoms with van der Waals surface area (Å²) in [4.78, 5) is 26.6. The van der Waals surface area contributed by atoms with E-state index in [0.29, 0.717) is 6.42 Å². The zero-order valence-corrected chi connectivity index (χ0v) is 19.1. The lowest BCUT2D eigenvalue weighted by Crippen LogP contribution is -2.38. The molecular formula is C15H34O6S2Si2. The van der Waals surface area contributed by atoms with Crippen molar-refractivity contribution in [1.29, 1.82) is 0 Å². The lowest BCUT2D eigenvalue weighted by molar-refractivity contribution is 0.147. The third-order valence-electron chi connectivity index (χ3n) is 3.47. The molecule has 3 N–H and O–H groups in total. The van der Waals surface area contributed by atoms with Crippen LogP contribution in [0.4, 0.5) is 0 Å². The molecule has 10 heteroatoms. The minimum absolute atomic E-state index is 0.146. The highest BCUT2D eigenvalue weighted by Gasteiger charge is 2.54. The smallest absolute Gasteiger partial charge is 0.390 e. The summed E-state index contributed by atoms with van der Waals surface area (Å²) >= 11 is 3.77. The summed E-state index contributed by atoms with van der Waals surface area (Å²) in [6, 6.07) is 1.09. The standard InChI is InChI=1S/C12H26O6S2Si2.C3H8/c13-21(14,15)8-2-6-19-4-1-5-20-7-3-9-22-16-10-12(18-22)11-17-22;1-3-2/h12-15H,1-11H2;3H2,1-2H3. The molecule has 2 rings (SSSR count). The van der Waals surface area contributed by atoms with E-state index in [-0.39, 0.29) is 12.1 Å². The van der Waals surface area contributed by atoms with Crippen LogP contribution in [0.1, 0.15) is 39.5 Å². The highest BCUT2D eigenvalue weighted by atomic mass is 32.2. The molecule has 2 heterocycles. The zero-order chi connectivity index (χ0) is 18.6. The summed E-state index contributed by atoms with van der Waals surface area (Å²) in [5, 5.41) is 0. The van der Waals surface area contributed by atoms with Crippen LogP contribution in [-0.2, 0) is 13.3 Å². The van der Waals surface area contributed by atoms with Crippen LogP contribution in [0.25, 0.3) is 0 Å². The fourth-order valence-corrected chi connectivity index (χ4v) is 8.30. The van der Waals surface area contributed by atoms with Crippen molar-refractivity contribution in [3.63, 3.8) is 0 Å². The summed E-state index contributed by atoms with van der Waals surface area (Å²) < 4.78 is 17.2. The maximum Gasteiger partial charge on any atom is 0.501 e. The largest absolute Gasteiger partial charge is 0.501 e. The first-order valence-electron chi connectivity index (χ1n) is 9.19. The van der Waals surface area contributed by atoms with E-state index in [4.69, 9.17) is 27.7 Å². The molecule has 2 saturated heterocycles. The van der Waals surface area contributed by atoms with Gasteiger partial charge in [-0.05, 0) is 42.3 Å². The molecule has 0 amide bonds. The predicted octanol–water partition coefficient (Wildman–Crippen LogP) is 2.34. The molecule has 0 unspecified atom stereocenters. The van der Waals surface area contributed by atoms with E-state index in [1.165, 1.54) is 6.42 Å². The summed E-state index contributed by atoms with van der Waals surface area (Å²) in [5.74, 6) is 4.22. The Morgan fingerprint density at radius 2 is 1.44 bits per heavy atom. The van der Waals surface area contributed by atoms with Crippen molar-refractivity contribution in [2.45, 2.75) is 57.7 Å². The normalized spacial score (nSPS) is 25.1. The van der Waals surface area contributed by atoms with Crippen LogP contribution in [0.5, 0.6) is 0 Å². The second-order valence-corrected chi connectivity index (χ2v) is 13.5. The SMILES string of the molecule is CCC.O[Si](O)(O)CCCSCCCSCCC[Si]12OCC(CO1)O2. The molecule has 0 aromatic carbocycles. The van der Waals surface area contributed by atoms with Crippen LogP contribution >= 0.6 is 23.5 Å². The van der Waals surface area contributed by atoms with Gasteiger partial charge in [0.15, 0.2) is 0 Å². The van der Waals surface area contributed by atoms with Gasteiger partial charge >= 0.3 is 17.6 Å². The summed E-state index contributed by atoms with van der Waals surface area (Å²) in [7, 11) is -6.02. The Kier molecular flexibility index (Phi) is 12.6. The van der Waals surface area contributed by atoms with Crippen LogP contribution in [0.3, 0.4) is 0 Å². The monoisotopic (exact) mass is 430 g/mol. The van der Waals surface area contributed by atoms with Crippen LogP contribution < -0.4 is 0 Å². The average Bonchev–Trinajstić information content (AvgIpc) is 3.13. The number of thioether (sulfide) groups is 2. The van der Waals surface area contributed by atoms with E-state index in [2.05, 4.69) is 13.8 Å². The number of hydrogen-bond acceptors (Lipinski definition) is 8. The summed E-state index contributed by atoms with van der Waals surface area (Å²) in [6.45, 7) is 5.70. The first-order valence-corrected chi connectivity index (χ1v) is 15.5. The van der Waals surface area contributed by atoms with Crippen LogP contribution in [0, 0.1) is 0 Å². The van der Waals surface area contributed by atoms with Crippen LogP contribution in [0.2, 0.25) is 12.1 Å². The van der Waals surface area contributed by atoms with Crippen LogP contribution in [0.15, 0.2) is 0 Å². The number of hydrogen-bond donors (Lipinski definition) is 3. The van der Waals surface area contributed by atoms with Crippen molar-refractivity contribution in [3.8, 4) is 0 Å². The lowest BCUT2D eigenvalue weighted by atomic mass is 10.4. The minimum Gasteiger partial charge on any atom is -0.390 e. The molecule has 25 heavy (non-hydrogen) atoms. The highest BCUT2D eigenvalue weighted by molar-refractivity contribution is 8.00. The van der Waals surface area contributed by atoms with Crippen molar-refractivity contribution < 1.29 is 27.7 Å². The third-order valence-corrected chi connectivity index (χ3v) is 9.68. The molecule has 2 fully saturated rings. The second kappa shape index (κ2) is 13.1. The van der Waals surface area contributed by atoms with Crippen LogP contribution in [-0.4, -0.2) is 74.3 Å². The van der Waals surface area contributed by atoms with Gasteiger partial charge in [-0.3, -0.25) is 0 Å². The summed E-state index contributed by atoms with van der Waals surface area (Å²) in [6.07, 6.45) is 4.36. The molecule has 0 atom stereocenters. The van der Waals surface area contributed by atoms with Crippen molar-refractivity contribution >= 4 is 41.1 Å². The van der Waals surface area contributed by atoms with Gasteiger partial charge in [0.25, 0.3) is 0 Å². The molecule has 2 aliphatic rings. The zero-order valence-electron chi connectivity index (χ0n) is 15.4. The quantitative estimate of drug-likeness (QED) is 0.321.